The van der Waals surface area contributed by atoms with Gasteiger partial charge in [-0.3, -0.25) is 0 Å². The van der Waals surface area contributed by atoms with Gasteiger partial charge in [0.15, 0.2) is 8.32 Å². The molecule has 0 unspecified atom stereocenters. The third-order valence-electron chi connectivity index (χ3n) is 11.6. The van der Waals surface area contributed by atoms with E-state index in [1.54, 1.807) is 7.11 Å². The summed E-state index contributed by atoms with van der Waals surface area (Å²) in [6.07, 6.45) is 11.6. The fraction of sp³-hybridized carbons (Fsp3) is 0.829. The lowest BCUT2D eigenvalue weighted by molar-refractivity contribution is -0.0299. The molecule has 4 nitrogen and oxygen atoms in total. The lowest BCUT2D eigenvalue weighted by atomic mass is 9.63. The van der Waals surface area contributed by atoms with E-state index < -0.39 is 13.9 Å². The van der Waals surface area contributed by atoms with E-state index in [0.29, 0.717) is 31.8 Å². The number of thioether (sulfide) groups is 2. The van der Waals surface area contributed by atoms with Crippen molar-refractivity contribution in [3.8, 4) is 0 Å². The lowest BCUT2D eigenvalue weighted by Crippen LogP contribution is -2.49. The van der Waals surface area contributed by atoms with Gasteiger partial charge in [0.2, 0.25) is 0 Å². The molecule has 0 radical (unpaired) electrons. The van der Waals surface area contributed by atoms with Gasteiger partial charge in [0.05, 0.1) is 16.3 Å². The van der Waals surface area contributed by atoms with Gasteiger partial charge in [-0.2, -0.15) is 0 Å². The summed E-state index contributed by atoms with van der Waals surface area (Å²) in [7, 11) is -0.265. The van der Waals surface area contributed by atoms with E-state index in [1.165, 1.54) is 48.3 Å². The Bertz CT molecular complexity index is 1010. The van der Waals surface area contributed by atoms with Crippen LogP contribution in [0.4, 0.5) is 0 Å². The van der Waals surface area contributed by atoms with Gasteiger partial charge in [0.25, 0.3) is 0 Å². The molecule has 7 heteroatoms. The van der Waals surface area contributed by atoms with Gasteiger partial charge in [-0.25, -0.2) is 0 Å². The maximum absolute atomic E-state index is 12.5. The van der Waals surface area contributed by atoms with Crippen molar-refractivity contribution in [2.45, 2.75) is 114 Å². The van der Waals surface area contributed by atoms with Crippen molar-refractivity contribution >= 4 is 31.8 Å². The number of fused-ring (bicyclic) bond motifs is 1. The van der Waals surface area contributed by atoms with Gasteiger partial charge >= 0.3 is 0 Å². The molecule has 4 saturated carbocycles. The van der Waals surface area contributed by atoms with E-state index in [4.69, 9.17) is 20.5 Å². The van der Waals surface area contributed by atoms with Gasteiger partial charge in [-0.15, -0.1) is 23.5 Å². The Kier molecular flexibility index (Phi) is 11.1. The lowest BCUT2D eigenvalue weighted by Gasteiger charge is -2.46. The molecule has 1 heterocycles. The van der Waals surface area contributed by atoms with Gasteiger partial charge in [0.1, 0.15) is 6.79 Å². The van der Waals surface area contributed by atoms with Crippen LogP contribution in [0.15, 0.2) is 36.0 Å². The van der Waals surface area contributed by atoms with E-state index in [1.807, 2.05) is 0 Å². The first-order chi connectivity index (χ1) is 19.6. The maximum Gasteiger partial charge on any atom is 0.192 e. The molecule has 0 aromatic heterocycles. The van der Waals surface area contributed by atoms with Crippen molar-refractivity contribution < 1.29 is 19.0 Å². The Morgan fingerprint density at radius 3 is 2.50 bits per heavy atom. The van der Waals surface area contributed by atoms with Crippen LogP contribution in [0, 0.1) is 29.1 Å². The molecule has 0 aromatic rings. The molecule has 0 aromatic carbocycles. The van der Waals surface area contributed by atoms with Crippen LogP contribution in [0.25, 0.3) is 0 Å². The molecule has 1 aliphatic heterocycles. The second kappa shape index (κ2) is 13.4. The molecular formula is C35H60O4S2Si. The Balaban J connectivity index is 1.45. The SMILES string of the molecule is C=C1[C@H]2CC[C@@]3(C)[C@@H]1[C@@H]3[C@@]2(O)C(=C)[C@H](CCCC1(CC/C=C(\C)COCOC)SCCCS1)CO[Si](C)(C)C(C)(C)C. The summed E-state index contributed by atoms with van der Waals surface area (Å²) < 4.78 is 17.7. The standard InChI is InChI=1S/C35H60O4S2Si/c1-25(22-38-24-37-8)14-11-17-34(40-20-13-21-41-34)18-12-15-28(23-39-42(9,10)32(4,5)6)27(3)35(36)29-16-19-33(7)30(26(29)2)31(33)35/h14,28-31,36H,2-3,11-13,15-24H2,1,4-10H3/b25-14+/t28-,29-,30+,31+,33+,35-/m1/s1. The summed E-state index contributed by atoms with van der Waals surface area (Å²) in [6, 6.07) is 0. The second-order valence-corrected chi connectivity index (χ2v) is 23.5. The molecule has 42 heavy (non-hydrogen) atoms. The highest BCUT2D eigenvalue weighted by Gasteiger charge is 2.80. The highest BCUT2D eigenvalue weighted by molar-refractivity contribution is 8.18. The molecule has 4 bridgehead atoms. The summed E-state index contributed by atoms with van der Waals surface area (Å²) in [6.45, 7) is 27.1. The van der Waals surface area contributed by atoms with Crippen LogP contribution in [-0.2, 0) is 13.9 Å². The summed E-state index contributed by atoms with van der Waals surface area (Å²) in [4.78, 5) is 0. The highest BCUT2D eigenvalue weighted by atomic mass is 32.2. The van der Waals surface area contributed by atoms with Crippen molar-refractivity contribution in [2.24, 2.45) is 29.1 Å². The average molecular weight is 637 g/mol. The van der Waals surface area contributed by atoms with Crippen molar-refractivity contribution in [3.63, 3.8) is 0 Å². The fourth-order valence-electron chi connectivity index (χ4n) is 8.01. The van der Waals surface area contributed by atoms with Crippen LogP contribution in [0.3, 0.4) is 0 Å². The summed E-state index contributed by atoms with van der Waals surface area (Å²) in [5, 5.41) is 12.6. The van der Waals surface area contributed by atoms with Crippen molar-refractivity contribution in [1.82, 2.24) is 0 Å². The molecule has 0 spiro atoms. The van der Waals surface area contributed by atoms with Gasteiger partial charge in [-0.05, 0) is 98.4 Å². The molecule has 4 aliphatic carbocycles. The van der Waals surface area contributed by atoms with Crippen LogP contribution >= 0.6 is 23.5 Å². The summed E-state index contributed by atoms with van der Waals surface area (Å²) in [5.41, 5.74) is 3.03. The van der Waals surface area contributed by atoms with E-state index in [9.17, 15) is 5.11 Å². The Morgan fingerprint density at radius 1 is 1.21 bits per heavy atom. The second-order valence-electron chi connectivity index (χ2n) is 15.4. The summed E-state index contributed by atoms with van der Waals surface area (Å²) >= 11 is 4.36. The number of aliphatic hydroxyl groups is 1. The molecule has 240 valence electrons. The van der Waals surface area contributed by atoms with Crippen molar-refractivity contribution in [1.29, 1.82) is 0 Å². The largest absolute Gasteiger partial charge is 0.416 e. The number of ether oxygens (including phenoxy) is 2. The first kappa shape index (κ1) is 34.8. The molecule has 5 rings (SSSR count). The third-order valence-corrected chi connectivity index (χ3v) is 19.7. The topological polar surface area (TPSA) is 47.9 Å². The predicted octanol–water partition coefficient (Wildman–Crippen LogP) is 9.23. The number of allylic oxidation sites excluding steroid dienone is 1. The van der Waals surface area contributed by atoms with Crippen LogP contribution in [0.2, 0.25) is 18.1 Å². The van der Waals surface area contributed by atoms with Crippen LogP contribution < -0.4 is 0 Å². The van der Waals surface area contributed by atoms with Crippen LogP contribution in [-0.4, -0.2) is 61.7 Å². The Hall–Kier alpha value is -0.0231. The molecule has 1 N–H and O–H groups in total. The smallest absolute Gasteiger partial charge is 0.192 e. The van der Waals surface area contributed by atoms with Gasteiger partial charge in [-0.1, -0.05) is 64.5 Å². The molecule has 5 fully saturated rings. The van der Waals surface area contributed by atoms with Crippen molar-refractivity contribution in [2.75, 3.05) is 38.6 Å². The number of rotatable bonds is 16. The first-order valence-corrected chi connectivity index (χ1v) is 21.3. The van der Waals surface area contributed by atoms with E-state index >= 15 is 0 Å². The van der Waals surface area contributed by atoms with E-state index in [-0.39, 0.29) is 26.4 Å². The summed E-state index contributed by atoms with van der Waals surface area (Å²) in [5.74, 6) is 3.64. The van der Waals surface area contributed by atoms with E-state index in [2.05, 4.69) is 83.9 Å². The minimum Gasteiger partial charge on any atom is -0.416 e. The third kappa shape index (κ3) is 6.88. The minimum atomic E-state index is -1.93. The molecular weight excluding hydrogens is 577 g/mol. The zero-order valence-corrected chi connectivity index (χ0v) is 30.6. The van der Waals surface area contributed by atoms with E-state index in [0.717, 1.165) is 31.3 Å². The number of hydrogen-bond donors (Lipinski definition) is 1. The average Bonchev–Trinajstić information content (AvgIpc) is 3.52. The van der Waals surface area contributed by atoms with Crippen LogP contribution in [0.1, 0.15) is 86.0 Å². The Morgan fingerprint density at radius 2 is 1.90 bits per heavy atom. The van der Waals surface area contributed by atoms with Gasteiger partial charge in [0, 0.05) is 31.5 Å². The Labute approximate surface area is 267 Å². The number of hydrogen-bond acceptors (Lipinski definition) is 6. The molecule has 0 amide bonds. The van der Waals surface area contributed by atoms with Crippen LogP contribution in [0.5, 0.6) is 0 Å². The predicted molar refractivity (Wildman–Crippen MR) is 185 cm³/mol. The monoisotopic (exact) mass is 636 g/mol. The normalized spacial score (nSPS) is 33.1. The fourth-order valence-corrected chi connectivity index (χ4v) is 12.5. The molecule has 6 atom stereocenters. The first-order valence-electron chi connectivity index (χ1n) is 16.4. The highest BCUT2D eigenvalue weighted by Crippen LogP contribution is 2.81. The number of methoxy groups -OCH3 is 1. The zero-order valence-electron chi connectivity index (χ0n) is 28.0. The minimum absolute atomic E-state index is 0.158. The van der Waals surface area contributed by atoms with Crippen molar-refractivity contribution in [3.05, 3.63) is 36.0 Å². The van der Waals surface area contributed by atoms with Gasteiger partial charge < -0.3 is 19.0 Å². The molecule has 5 aliphatic rings. The maximum atomic E-state index is 12.5. The quantitative estimate of drug-likeness (QED) is 0.0789. The molecule has 1 saturated heterocycles. The zero-order chi connectivity index (χ0) is 31.0.